The lowest BCUT2D eigenvalue weighted by molar-refractivity contribution is -0.131. The molecule has 21 heavy (non-hydrogen) atoms. The van der Waals surface area contributed by atoms with Gasteiger partial charge in [0.05, 0.1) is 12.6 Å². The highest BCUT2D eigenvalue weighted by atomic mass is 32.1. The number of rotatable bonds is 6. The number of carbonyl (C=O) groups excluding carboxylic acids is 1. The van der Waals surface area contributed by atoms with Gasteiger partial charge in [-0.2, -0.15) is 0 Å². The first-order valence-corrected chi connectivity index (χ1v) is 8.12. The molecule has 1 atom stereocenters. The molecule has 2 rings (SSSR count). The molecule has 4 heteroatoms. The number of amides is 1. The summed E-state index contributed by atoms with van der Waals surface area (Å²) >= 11 is 1.71. The fraction of sp³-hybridized carbons (Fsp3) is 0.353. The summed E-state index contributed by atoms with van der Waals surface area (Å²) in [5.41, 5.74) is 8.06. The van der Waals surface area contributed by atoms with Crippen LogP contribution in [0, 0.1) is 6.92 Å². The third-order valence-electron chi connectivity index (χ3n) is 3.69. The van der Waals surface area contributed by atoms with Crippen LogP contribution in [-0.2, 0) is 11.2 Å². The second kappa shape index (κ2) is 7.38. The Balaban J connectivity index is 2.34. The normalized spacial score (nSPS) is 12.1. The van der Waals surface area contributed by atoms with E-state index in [0.29, 0.717) is 6.54 Å². The summed E-state index contributed by atoms with van der Waals surface area (Å²) in [6.45, 7) is 4.84. The zero-order valence-corrected chi connectivity index (χ0v) is 13.4. The molecule has 1 aromatic carbocycles. The van der Waals surface area contributed by atoms with E-state index < -0.39 is 0 Å². The molecule has 0 radical (unpaired) electrons. The summed E-state index contributed by atoms with van der Waals surface area (Å²) in [7, 11) is 0. The Labute approximate surface area is 130 Å². The molecule has 1 amide bonds. The van der Waals surface area contributed by atoms with Crippen LogP contribution in [0.4, 0.5) is 0 Å². The Morgan fingerprint density at radius 2 is 2.00 bits per heavy atom. The smallest absolute Gasteiger partial charge is 0.236 e. The van der Waals surface area contributed by atoms with Gasteiger partial charge in [0.2, 0.25) is 5.91 Å². The maximum atomic E-state index is 12.2. The zero-order chi connectivity index (χ0) is 15.2. The first-order chi connectivity index (χ1) is 10.2. The Morgan fingerprint density at radius 1 is 1.29 bits per heavy atom. The Bertz CT molecular complexity index is 579. The standard InChI is InChI=1S/C17H22N2OS/c1-3-19(16(20)12-18)15(17-13(2)9-10-21-17)11-14-7-5-4-6-8-14/h4-10,15H,3,11-12,18H2,1-2H3. The van der Waals surface area contributed by atoms with Crippen molar-refractivity contribution < 1.29 is 4.79 Å². The summed E-state index contributed by atoms with van der Waals surface area (Å²) < 4.78 is 0. The number of nitrogens with zero attached hydrogens (tertiary/aromatic N) is 1. The number of hydrogen-bond donors (Lipinski definition) is 1. The van der Waals surface area contributed by atoms with Gasteiger partial charge in [0.15, 0.2) is 0 Å². The predicted molar refractivity (Wildman–Crippen MR) is 88.4 cm³/mol. The van der Waals surface area contributed by atoms with Gasteiger partial charge in [-0.3, -0.25) is 4.79 Å². The van der Waals surface area contributed by atoms with Gasteiger partial charge in [0, 0.05) is 11.4 Å². The van der Waals surface area contributed by atoms with Gasteiger partial charge >= 0.3 is 0 Å². The molecule has 0 aliphatic rings. The predicted octanol–water partition coefficient (Wildman–Crippen LogP) is 3.15. The number of benzene rings is 1. The summed E-state index contributed by atoms with van der Waals surface area (Å²) in [5, 5.41) is 2.09. The van der Waals surface area contributed by atoms with Gasteiger partial charge in [-0.05, 0) is 42.8 Å². The minimum atomic E-state index is 0.00577. The van der Waals surface area contributed by atoms with Crippen molar-refractivity contribution in [1.82, 2.24) is 4.90 Å². The number of likely N-dealkylation sites (N-methyl/N-ethyl adjacent to an activating group) is 1. The molecule has 0 saturated carbocycles. The van der Waals surface area contributed by atoms with E-state index in [9.17, 15) is 4.79 Å². The average Bonchev–Trinajstić information content (AvgIpc) is 2.93. The Morgan fingerprint density at radius 3 is 2.52 bits per heavy atom. The molecule has 0 spiro atoms. The van der Waals surface area contributed by atoms with Crippen LogP contribution >= 0.6 is 11.3 Å². The maximum absolute atomic E-state index is 12.2. The molecular formula is C17H22N2OS. The monoisotopic (exact) mass is 302 g/mol. The summed E-state index contributed by atoms with van der Waals surface area (Å²) in [5.74, 6) is 0.00577. The average molecular weight is 302 g/mol. The first kappa shape index (κ1) is 15.7. The van der Waals surface area contributed by atoms with Crippen LogP contribution in [0.3, 0.4) is 0 Å². The quantitative estimate of drug-likeness (QED) is 0.891. The highest BCUT2D eigenvalue weighted by molar-refractivity contribution is 7.10. The van der Waals surface area contributed by atoms with Crippen molar-refractivity contribution in [3.8, 4) is 0 Å². The molecule has 0 aliphatic heterocycles. The van der Waals surface area contributed by atoms with E-state index in [4.69, 9.17) is 5.73 Å². The van der Waals surface area contributed by atoms with Crippen LogP contribution in [0.2, 0.25) is 0 Å². The van der Waals surface area contributed by atoms with Crippen LogP contribution in [0.1, 0.15) is 29.0 Å². The molecule has 0 saturated heterocycles. The molecule has 0 bridgehead atoms. The number of carbonyl (C=O) groups is 1. The third-order valence-corrected chi connectivity index (χ3v) is 4.81. The van der Waals surface area contributed by atoms with Gasteiger partial charge in [-0.15, -0.1) is 11.3 Å². The lowest BCUT2D eigenvalue weighted by Crippen LogP contribution is -2.39. The molecule has 1 unspecified atom stereocenters. The Hall–Kier alpha value is -1.65. The van der Waals surface area contributed by atoms with Gasteiger partial charge in [0.1, 0.15) is 0 Å². The fourth-order valence-corrected chi connectivity index (χ4v) is 3.64. The van der Waals surface area contributed by atoms with E-state index >= 15 is 0 Å². The SMILES string of the molecule is CCN(C(=O)CN)C(Cc1ccccc1)c1sccc1C. The van der Waals surface area contributed by atoms with Gasteiger partial charge in [0.25, 0.3) is 0 Å². The molecule has 2 aromatic rings. The van der Waals surface area contributed by atoms with Gasteiger partial charge in [-0.25, -0.2) is 0 Å². The summed E-state index contributed by atoms with van der Waals surface area (Å²) in [6, 6.07) is 12.5. The Kier molecular flexibility index (Phi) is 5.53. The summed E-state index contributed by atoms with van der Waals surface area (Å²) in [6.07, 6.45) is 0.821. The molecule has 2 N–H and O–H groups in total. The highest BCUT2D eigenvalue weighted by Crippen LogP contribution is 2.31. The molecule has 1 heterocycles. The third kappa shape index (κ3) is 3.71. The van der Waals surface area contributed by atoms with Gasteiger partial charge in [-0.1, -0.05) is 30.3 Å². The van der Waals surface area contributed by atoms with E-state index in [1.165, 1.54) is 16.0 Å². The molecule has 3 nitrogen and oxygen atoms in total. The lowest BCUT2D eigenvalue weighted by atomic mass is 10.0. The van der Waals surface area contributed by atoms with E-state index in [2.05, 4.69) is 30.5 Å². The van der Waals surface area contributed by atoms with Crippen molar-refractivity contribution in [2.24, 2.45) is 5.73 Å². The van der Waals surface area contributed by atoms with Gasteiger partial charge < -0.3 is 10.6 Å². The first-order valence-electron chi connectivity index (χ1n) is 7.24. The summed E-state index contributed by atoms with van der Waals surface area (Å²) in [4.78, 5) is 15.3. The van der Waals surface area contributed by atoms with Crippen molar-refractivity contribution in [3.63, 3.8) is 0 Å². The van der Waals surface area contributed by atoms with E-state index in [0.717, 1.165) is 6.42 Å². The highest BCUT2D eigenvalue weighted by Gasteiger charge is 2.25. The van der Waals surface area contributed by atoms with Crippen molar-refractivity contribution in [2.45, 2.75) is 26.3 Å². The van der Waals surface area contributed by atoms with Crippen molar-refractivity contribution in [2.75, 3.05) is 13.1 Å². The minimum Gasteiger partial charge on any atom is -0.334 e. The van der Waals surface area contributed by atoms with Crippen molar-refractivity contribution in [1.29, 1.82) is 0 Å². The number of aryl methyl sites for hydroxylation is 1. The van der Waals surface area contributed by atoms with Crippen LogP contribution in [0.15, 0.2) is 41.8 Å². The molecule has 0 aliphatic carbocycles. The van der Waals surface area contributed by atoms with E-state index in [1.807, 2.05) is 30.0 Å². The zero-order valence-electron chi connectivity index (χ0n) is 12.6. The maximum Gasteiger partial charge on any atom is 0.236 e. The molecule has 1 aromatic heterocycles. The van der Waals surface area contributed by atoms with Crippen LogP contribution < -0.4 is 5.73 Å². The number of nitrogens with two attached hydrogens (primary N) is 1. The molecule has 0 fully saturated rings. The van der Waals surface area contributed by atoms with Crippen LogP contribution in [0.25, 0.3) is 0 Å². The molecular weight excluding hydrogens is 280 g/mol. The topological polar surface area (TPSA) is 46.3 Å². The fourth-order valence-electron chi connectivity index (χ4n) is 2.60. The second-order valence-electron chi connectivity index (χ2n) is 5.06. The van der Waals surface area contributed by atoms with E-state index in [-0.39, 0.29) is 18.5 Å². The van der Waals surface area contributed by atoms with Crippen molar-refractivity contribution in [3.05, 3.63) is 57.8 Å². The van der Waals surface area contributed by atoms with Crippen LogP contribution in [0.5, 0.6) is 0 Å². The number of hydrogen-bond acceptors (Lipinski definition) is 3. The largest absolute Gasteiger partial charge is 0.334 e. The van der Waals surface area contributed by atoms with Crippen LogP contribution in [-0.4, -0.2) is 23.9 Å². The molecule has 112 valence electrons. The minimum absolute atomic E-state index is 0.00577. The second-order valence-corrected chi connectivity index (χ2v) is 6.00. The van der Waals surface area contributed by atoms with E-state index in [1.54, 1.807) is 11.3 Å². The number of thiophene rings is 1. The lowest BCUT2D eigenvalue weighted by Gasteiger charge is -2.31. The van der Waals surface area contributed by atoms with Crippen molar-refractivity contribution >= 4 is 17.2 Å².